The number of hydrogen-bond donors (Lipinski definition) is 0. The number of rotatable bonds is 25. The second-order valence-corrected chi connectivity index (χ2v) is 9.92. The van der Waals surface area contributed by atoms with E-state index in [1.165, 1.54) is 89.9 Å². The summed E-state index contributed by atoms with van der Waals surface area (Å²) in [6.45, 7) is 10.6. The van der Waals surface area contributed by atoms with Gasteiger partial charge in [-0.05, 0) is 25.7 Å². The van der Waals surface area contributed by atoms with E-state index in [9.17, 15) is 4.79 Å². The zero-order valence-corrected chi connectivity index (χ0v) is 22.6. The van der Waals surface area contributed by atoms with Crippen molar-refractivity contribution in [3.8, 4) is 0 Å². The number of unbranched alkanes of at least 4 members (excludes halogenated alkanes) is 15. The Balaban J connectivity index is 3.85. The minimum Gasteiger partial charge on any atom is -0.368 e. The third kappa shape index (κ3) is 20.1. The maximum atomic E-state index is 12.8. The van der Waals surface area contributed by atoms with Gasteiger partial charge in [0.2, 0.25) is 0 Å². The predicted octanol–water partition coefficient (Wildman–Crippen LogP) is 9.63. The van der Waals surface area contributed by atoms with E-state index in [1.807, 2.05) is 5.06 Å². The molecule has 0 bridgehead atoms. The van der Waals surface area contributed by atoms with Crippen molar-refractivity contribution in [3.63, 3.8) is 0 Å². The SMILES string of the molecule is CCCCCCCCCCCCCCCCC(CCC)C(=O)ON(CCCC)CCCC. The molecule has 32 heavy (non-hydrogen) atoms. The van der Waals surface area contributed by atoms with Crippen molar-refractivity contribution in [2.45, 2.75) is 163 Å². The Morgan fingerprint density at radius 1 is 0.531 bits per heavy atom. The number of carbonyl (C=O) groups excluding carboxylic acids is 1. The van der Waals surface area contributed by atoms with Crippen LogP contribution in [0.3, 0.4) is 0 Å². The Morgan fingerprint density at radius 3 is 1.34 bits per heavy atom. The van der Waals surface area contributed by atoms with Crippen LogP contribution in [0.25, 0.3) is 0 Å². The number of hydrogen-bond acceptors (Lipinski definition) is 3. The minimum absolute atomic E-state index is 0.0220. The van der Waals surface area contributed by atoms with Crippen LogP contribution in [0.4, 0.5) is 0 Å². The van der Waals surface area contributed by atoms with Crippen LogP contribution < -0.4 is 0 Å². The van der Waals surface area contributed by atoms with Crippen molar-refractivity contribution in [1.82, 2.24) is 5.06 Å². The maximum Gasteiger partial charge on any atom is 0.328 e. The summed E-state index contributed by atoms with van der Waals surface area (Å²) in [4.78, 5) is 18.6. The normalized spacial score (nSPS) is 12.4. The van der Waals surface area contributed by atoms with Crippen LogP contribution in [0.1, 0.15) is 163 Å². The monoisotopic (exact) mass is 453 g/mol. The second-order valence-electron chi connectivity index (χ2n) is 9.92. The van der Waals surface area contributed by atoms with E-state index >= 15 is 0 Å². The van der Waals surface area contributed by atoms with E-state index in [0.717, 1.165) is 58.0 Å². The first-order valence-electron chi connectivity index (χ1n) is 14.7. The average molecular weight is 454 g/mol. The quantitative estimate of drug-likeness (QED) is 0.102. The number of carbonyl (C=O) groups is 1. The number of nitrogens with zero attached hydrogens (tertiary/aromatic N) is 1. The van der Waals surface area contributed by atoms with Crippen LogP contribution in [0, 0.1) is 5.92 Å². The standard InChI is InChI=1S/C29H59NO2/c1-5-9-12-13-14-15-16-17-18-19-20-21-22-23-25-28(24-8-4)29(31)32-30(26-10-6-2)27-11-7-3/h28H,5-27H2,1-4H3. The fraction of sp³-hybridized carbons (Fsp3) is 0.966. The molecule has 1 unspecified atom stereocenters. The van der Waals surface area contributed by atoms with E-state index in [2.05, 4.69) is 27.7 Å². The summed E-state index contributed by atoms with van der Waals surface area (Å²) in [5.41, 5.74) is 0. The van der Waals surface area contributed by atoms with E-state index in [-0.39, 0.29) is 11.9 Å². The van der Waals surface area contributed by atoms with Gasteiger partial charge in [-0.2, -0.15) is 0 Å². The molecule has 0 aromatic carbocycles. The van der Waals surface area contributed by atoms with Crippen LogP contribution >= 0.6 is 0 Å². The first-order valence-corrected chi connectivity index (χ1v) is 14.7. The van der Waals surface area contributed by atoms with Crippen molar-refractivity contribution < 1.29 is 9.63 Å². The molecule has 0 N–H and O–H groups in total. The summed E-state index contributed by atoms with van der Waals surface area (Å²) in [7, 11) is 0. The molecule has 0 spiro atoms. The molecule has 0 amide bonds. The van der Waals surface area contributed by atoms with E-state index in [4.69, 9.17) is 4.84 Å². The van der Waals surface area contributed by atoms with Gasteiger partial charge in [0, 0.05) is 13.1 Å². The molecule has 0 fully saturated rings. The molecule has 0 aliphatic carbocycles. The van der Waals surface area contributed by atoms with Crippen molar-refractivity contribution in [1.29, 1.82) is 0 Å². The first kappa shape index (κ1) is 31.4. The van der Waals surface area contributed by atoms with Crippen molar-refractivity contribution in [2.75, 3.05) is 13.1 Å². The molecular weight excluding hydrogens is 394 g/mol. The highest BCUT2D eigenvalue weighted by Gasteiger charge is 2.21. The molecule has 0 aromatic rings. The molecule has 1 atom stereocenters. The lowest BCUT2D eigenvalue weighted by Gasteiger charge is -2.24. The Morgan fingerprint density at radius 2 is 0.938 bits per heavy atom. The largest absolute Gasteiger partial charge is 0.368 e. The molecule has 0 heterocycles. The van der Waals surface area contributed by atoms with Crippen LogP contribution in [0.2, 0.25) is 0 Å². The summed E-state index contributed by atoms with van der Waals surface area (Å²) in [6.07, 6.45) is 26.8. The Labute approximate surface area is 202 Å². The van der Waals surface area contributed by atoms with Gasteiger partial charge in [0.1, 0.15) is 0 Å². The lowest BCUT2D eigenvalue weighted by molar-refractivity contribution is -0.197. The van der Waals surface area contributed by atoms with Gasteiger partial charge in [-0.3, -0.25) is 4.79 Å². The number of hydroxylamine groups is 2. The highest BCUT2D eigenvalue weighted by atomic mass is 16.7. The van der Waals surface area contributed by atoms with Gasteiger partial charge in [0.15, 0.2) is 0 Å². The molecule has 0 radical (unpaired) electrons. The predicted molar refractivity (Wildman–Crippen MR) is 141 cm³/mol. The molecule has 0 aliphatic heterocycles. The lowest BCUT2D eigenvalue weighted by atomic mass is 9.96. The fourth-order valence-electron chi connectivity index (χ4n) is 4.39. The summed E-state index contributed by atoms with van der Waals surface area (Å²) in [5, 5.41) is 1.93. The van der Waals surface area contributed by atoms with Gasteiger partial charge in [-0.25, -0.2) is 0 Å². The van der Waals surface area contributed by atoms with Crippen LogP contribution in [-0.4, -0.2) is 24.1 Å². The third-order valence-electron chi connectivity index (χ3n) is 6.62. The van der Waals surface area contributed by atoms with E-state index in [0.29, 0.717) is 0 Å². The summed E-state index contributed by atoms with van der Waals surface area (Å²) in [5.74, 6) is 0.108. The smallest absolute Gasteiger partial charge is 0.328 e. The fourth-order valence-corrected chi connectivity index (χ4v) is 4.39. The molecule has 0 rings (SSSR count). The Kier molecular flexibility index (Phi) is 24.6. The van der Waals surface area contributed by atoms with E-state index in [1.54, 1.807) is 0 Å². The zero-order chi connectivity index (χ0) is 23.7. The molecule has 0 aromatic heterocycles. The average Bonchev–Trinajstić information content (AvgIpc) is 2.80. The minimum atomic E-state index is 0.0220. The van der Waals surface area contributed by atoms with Gasteiger partial charge in [-0.1, -0.05) is 137 Å². The maximum absolute atomic E-state index is 12.8. The van der Waals surface area contributed by atoms with Gasteiger partial charge < -0.3 is 4.84 Å². The third-order valence-corrected chi connectivity index (χ3v) is 6.62. The summed E-state index contributed by atoms with van der Waals surface area (Å²) >= 11 is 0. The topological polar surface area (TPSA) is 29.5 Å². The Bertz CT molecular complexity index is 377. The van der Waals surface area contributed by atoms with Crippen LogP contribution in [0.5, 0.6) is 0 Å². The van der Waals surface area contributed by atoms with Crippen LogP contribution in [0.15, 0.2) is 0 Å². The highest BCUT2D eigenvalue weighted by molar-refractivity contribution is 5.72. The molecule has 0 saturated heterocycles. The summed E-state index contributed by atoms with van der Waals surface area (Å²) in [6, 6.07) is 0. The van der Waals surface area contributed by atoms with Gasteiger partial charge in [-0.15, -0.1) is 5.06 Å². The van der Waals surface area contributed by atoms with Gasteiger partial charge >= 0.3 is 5.97 Å². The van der Waals surface area contributed by atoms with Crippen molar-refractivity contribution in [2.24, 2.45) is 5.92 Å². The van der Waals surface area contributed by atoms with E-state index < -0.39 is 0 Å². The second kappa shape index (κ2) is 25.1. The molecule has 0 saturated carbocycles. The van der Waals surface area contributed by atoms with Gasteiger partial charge in [0.05, 0.1) is 5.92 Å². The molecule has 0 aliphatic rings. The molecule has 192 valence electrons. The van der Waals surface area contributed by atoms with Crippen LogP contribution in [-0.2, 0) is 9.63 Å². The Hall–Kier alpha value is -0.570. The first-order chi connectivity index (χ1) is 15.7. The highest BCUT2D eigenvalue weighted by Crippen LogP contribution is 2.20. The van der Waals surface area contributed by atoms with Crippen molar-refractivity contribution in [3.05, 3.63) is 0 Å². The zero-order valence-electron chi connectivity index (χ0n) is 22.6. The lowest BCUT2D eigenvalue weighted by Crippen LogP contribution is -2.32. The van der Waals surface area contributed by atoms with Gasteiger partial charge in [0.25, 0.3) is 0 Å². The van der Waals surface area contributed by atoms with Crippen molar-refractivity contribution >= 4 is 5.97 Å². The molecule has 3 nitrogen and oxygen atoms in total. The molecule has 3 heteroatoms. The summed E-state index contributed by atoms with van der Waals surface area (Å²) < 4.78 is 0. The molecular formula is C29H59NO2.